The van der Waals surface area contributed by atoms with Crippen molar-refractivity contribution >= 4 is 20.5 Å². The molecule has 0 spiro atoms. The summed E-state index contributed by atoms with van der Waals surface area (Å²) in [5.74, 6) is -1.03. The van der Waals surface area contributed by atoms with Gasteiger partial charge in [-0.25, -0.2) is 0 Å². The molecule has 0 saturated heterocycles. The molecule has 2 nitrogen and oxygen atoms in total. The van der Waals surface area contributed by atoms with Gasteiger partial charge in [-0.1, -0.05) is 0 Å². The van der Waals surface area contributed by atoms with Gasteiger partial charge in [0.2, 0.25) is 0 Å². The van der Waals surface area contributed by atoms with Gasteiger partial charge in [-0.2, -0.15) is 0 Å². The Balaban J connectivity index is 0.000000640. The Bertz CT molecular complexity index is 183. The molecular weight excluding hydrogens is 178 g/mol. The molecule has 0 fully saturated rings. The van der Waals surface area contributed by atoms with Gasteiger partial charge in [-0.3, -0.25) is 0 Å². The molecule has 0 radical (unpaired) electrons. The predicted octanol–water partition coefficient (Wildman–Crippen LogP) is -3.89. The van der Waals surface area contributed by atoms with Crippen molar-refractivity contribution in [2.45, 2.75) is 0 Å². The molecule has 0 unspecified atom stereocenters. The zero-order valence-corrected chi connectivity index (χ0v) is 6.67. The van der Waals surface area contributed by atoms with Crippen LogP contribution in [-0.2, 0) is 0 Å². The van der Waals surface area contributed by atoms with E-state index >= 15 is 0 Å². The number of hydrogen-bond acceptors (Lipinski definition) is 2. The molecule has 9 heavy (non-hydrogen) atoms. The zero-order chi connectivity index (χ0) is 5.98. The van der Waals surface area contributed by atoms with Gasteiger partial charge in [0, 0.05) is 0 Å². The summed E-state index contributed by atoms with van der Waals surface area (Å²) in [4.78, 5) is 11.8. The minimum Gasteiger partial charge on any atom is 1.00 e. The molecule has 0 amide bonds. The van der Waals surface area contributed by atoms with Gasteiger partial charge in [-0.05, 0) is 0 Å². The second-order valence-electron chi connectivity index (χ2n) is 1.26. The molecular formula is C5H3LiO2Se. The largest absolute Gasteiger partial charge is 1.00 e. The first kappa shape index (κ1) is 9.07. The maximum atomic E-state index is 10.00. The van der Waals surface area contributed by atoms with Crippen LogP contribution in [0.15, 0.2) is 17.1 Å². The SMILES string of the molecule is O=C([O-])c1ccc[se]1.[Li+]. The quantitative estimate of drug-likeness (QED) is 0.415. The summed E-state index contributed by atoms with van der Waals surface area (Å²) in [6.45, 7) is 0. The molecule has 0 N–H and O–H groups in total. The zero-order valence-electron chi connectivity index (χ0n) is 4.96. The third-order valence-corrected chi connectivity index (χ3v) is 2.51. The van der Waals surface area contributed by atoms with Crippen LogP contribution in [0.3, 0.4) is 0 Å². The topological polar surface area (TPSA) is 40.1 Å². The fraction of sp³-hybridized carbons (Fsp3) is 0. The molecule has 4 heteroatoms. The first-order chi connectivity index (χ1) is 3.80. The Morgan fingerprint density at radius 1 is 1.67 bits per heavy atom. The second kappa shape index (κ2) is 3.98. The number of hydrogen-bond donors (Lipinski definition) is 0. The average molecular weight is 181 g/mol. The molecule has 0 bridgehead atoms. The van der Waals surface area contributed by atoms with E-state index in [-0.39, 0.29) is 33.4 Å². The van der Waals surface area contributed by atoms with E-state index in [0.717, 1.165) is 0 Å². The van der Waals surface area contributed by atoms with Gasteiger partial charge >= 0.3 is 70.7 Å². The van der Waals surface area contributed by atoms with Crippen LogP contribution in [0, 0.1) is 0 Å². The maximum Gasteiger partial charge on any atom is 1.00 e. The monoisotopic (exact) mass is 182 g/mol. The Kier molecular flexibility index (Phi) is 4.00. The van der Waals surface area contributed by atoms with Crippen LogP contribution in [0.4, 0.5) is 0 Å². The molecule has 1 heterocycles. The van der Waals surface area contributed by atoms with E-state index < -0.39 is 5.97 Å². The number of carboxylic acid groups (broad SMARTS) is 1. The van der Waals surface area contributed by atoms with E-state index in [0.29, 0.717) is 4.44 Å². The van der Waals surface area contributed by atoms with Gasteiger partial charge in [0.05, 0.1) is 0 Å². The normalized spacial score (nSPS) is 8.00. The fourth-order valence-corrected chi connectivity index (χ4v) is 1.56. The molecule has 1 rings (SSSR count). The number of carbonyl (C=O) groups excluding carboxylic acids is 1. The number of rotatable bonds is 1. The summed E-state index contributed by atoms with van der Waals surface area (Å²) in [6.07, 6.45) is 0. The van der Waals surface area contributed by atoms with E-state index in [1.807, 2.05) is 4.94 Å². The van der Waals surface area contributed by atoms with E-state index in [4.69, 9.17) is 0 Å². The van der Waals surface area contributed by atoms with Crippen LogP contribution >= 0.6 is 0 Å². The van der Waals surface area contributed by atoms with Gasteiger partial charge in [-0.15, -0.1) is 0 Å². The number of carboxylic acids is 1. The van der Waals surface area contributed by atoms with E-state index in [9.17, 15) is 9.90 Å². The minimum atomic E-state index is -1.03. The first-order valence-electron chi connectivity index (χ1n) is 2.05. The molecule has 0 saturated carbocycles. The summed E-state index contributed by atoms with van der Waals surface area (Å²) >= 11 is 0.0266. The second-order valence-corrected chi connectivity index (χ2v) is 3.25. The van der Waals surface area contributed by atoms with Crippen molar-refractivity contribution in [3.8, 4) is 0 Å². The maximum absolute atomic E-state index is 10.00. The Hall–Kier alpha value is 0.0669. The first-order valence-corrected chi connectivity index (χ1v) is 3.90. The number of aromatic carboxylic acids is 1. The van der Waals surface area contributed by atoms with E-state index in [1.54, 1.807) is 12.1 Å². The third-order valence-electron chi connectivity index (χ3n) is 0.722. The summed E-state index contributed by atoms with van der Waals surface area (Å²) < 4.78 is 0.428. The van der Waals surface area contributed by atoms with Crippen molar-refractivity contribution in [1.82, 2.24) is 0 Å². The molecule has 0 aromatic carbocycles. The summed E-state index contributed by atoms with van der Waals surface area (Å²) in [5.41, 5.74) is 0. The summed E-state index contributed by atoms with van der Waals surface area (Å²) in [6, 6.07) is 3.32. The fourth-order valence-electron chi connectivity index (χ4n) is 0.395. The van der Waals surface area contributed by atoms with Crippen LogP contribution in [0.5, 0.6) is 0 Å². The molecule has 42 valence electrons. The molecule has 0 aliphatic carbocycles. The van der Waals surface area contributed by atoms with Crippen LogP contribution in [0.2, 0.25) is 0 Å². The van der Waals surface area contributed by atoms with E-state index in [1.165, 1.54) is 0 Å². The smallest absolute Gasteiger partial charge is 1.00 e. The van der Waals surface area contributed by atoms with Gasteiger partial charge in [0.1, 0.15) is 0 Å². The third kappa shape index (κ3) is 2.42. The van der Waals surface area contributed by atoms with Crippen molar-refractivity contribution in [1.29, 1.82) is 0 Å². The van der Waals surface area contributed by atoms with Crippen molar-refractivity contribution in [3.63, 3.8) is 0 Å². The standard InChI is InChI=1S/C5H4O2Se.Li/c6-5(7)4-2-1-3-8-4;/h1-3H,(H,6,7);/q;+1/p-1. The van der Waals surface area contributed by atoms with Crippen molar-refractivity contribution < 1.29 is 28.8 Å². The van der Waals surface area contributed by atoms with Crippen LogP contribution in [0.1, 0.15) is 9.23 Å². The Morgan fingerprint density at radius 2 is 2.33 bits per heavy atom. The van der Waals surface area contributed by atoms with E-state index in [2.05, 4.69) is 0 Å². The predicted molar refractivity (Wildman–Crippen MR) is 27.7 cm³/mol. The molecule has 0 atom stereocenters. The molecule has 0 aliphatic rings. The minimum absolute atomic E-state index is 0. The molecule has 1 aromatic heterocycles. The van der Waals surface area contributed by atoms with Crippen LogP contribution < -0.4 is 24.0 Å². The van der Waals surface area contributed by atoms with Gasteiger partial charge in [0.25, 0.3) is 0 Å². The molecule has 0 aliphatic heterocycles. The van der Waals surface area contributed by atoms with Crippen molar-refractivity contribution in [2.24, 2.45) is 0 Å². The Labute approximate surface area is 70.8 Å². The van der Waals surface area contributed by atoms with Crippen molar-refractivity contribution in [2.75, 3.05) is 0 Å². The molecule has 1 aromatic rings. The summed E-state index contributed by atoms with van der Waals surface area (Å²) in [5, 5.41) is 10.00. The number of carbonyl (C=O) groups is 1. The summed E-state index contributed by atoms with van der Waals surface area (Å²) in [7, 11) is 0. The van der Waals surface area contributed by atoms with Crippen LogP contribution in [-0.4, -0.2) is 20.5 Å². The van der Waals surface area contributed by atoms with Gasteiger partial charge < -0.3 is 0 Å². The van der Waals surface area contributed by atoms with Gasteiger partial charge in [0.15, 0.2) is 0 Å². The average Bonchev–Trinajstić information content (AvgIpc) is 2.12. The van der Waals surface area contributed by atoms with Crippen molar-refractivity contribution in [3.05, 3.63) is 21.5 Å². The Morgan fingerprint density at radius 3 is 2.56 bits per heavy atom. The van der Waals surface area contributed by atoms with Crippen LogP contribution in [0.25, 0.3) is 0 Å².